The zero-order chi connectivity index (χ0) is 21.1. The second-order valence-electron chi connectivity index (χ2n) is 7.86. The summed E-state index contributed by atoms with van der Waals surface area (Å²) in [6.45, 7) is 4.72. The first-order valence-corrected chi connectivity index (χ1v) is 10.3. The van der Waals surface area contributed by atoms with Gasteiger partial charge in [-0.1, -0.05) is 6.92 Å². The van der Waals surface area contributed by atoms with Crippen molar-refractivity contribution in [1.82, 2.24) is 20.3 Å². The summed E-state index contributed by atoms with van der Waals surface area (Å²) in [6.07, 6.45) is 3.78. The van der Waals surface area contributed by atoms with Gasteiger partial charge in [-0.05, 0) is 36.3 Å². The zero-order valence-corrected chi connectivity index (χ0v) is 17.0. The lowest BCUT2D eigenvalue weighted by molar-refractivity contribution is 0.0152. The summed E-state index contributed by atoms with van der Waals surface area (Å²) < 4.78 is 17.3. The number of esters is 1. The van der Waals surface area contributed by atoms with Crippen LogP contribution in [0.3, 0.4) is 0 Å². The van der Waals surface area contributed by atoms with E-state index in [1.54, 1.807) is 0 Å². The van der Waals surface area contributed by atoms with Gasteiger partial charge in [-0.25, -0.2) is 4.79 Å². The normalized spacial score (nSPS) is 18.0. The third-order valence-electron chi connectivity index (χ3n) is 5.86. The number of fused-ring (bicyclic) bond motifs is 1. The molecule has 0 radical (unpaired) electrons. The van der Waals surface area contributed by atoms with Crippen molar-refractivity contribution in [3.8, 4) is 5.88 Å². The van der Waals surface area contributed by atoms with Gasteiger partial charge >= 0.3 is 5.97 Å². The monoisotopic (exact) mass is 418 g/mol. The van der Waals surface area contributed by atoms with E-state index in [-0.39, 0.29) is 29.6 Å². The Labute approximate surface area is 173 Å². The molecular formula is C20H26N4O6. The molecule has 4 rings (SSSR count). The number of aromatic nitrogens is 3. The number of ether oxygens (including phenoxy) is 2. The third kappa shape index (κ3) is 4.04. The maximum atomic E-state index is 12.8. The molecule has 0 saturated carbocycles. The highest BCUT2D eigenvalue weighted by Gasteiger charge is 2.39. The summed E-state index contributed by atoms with van der Waals surface area (Å²) in [5.74, 6) is -1.26. The van der Waals surface area contributed by atoms with E-state index in [1.165, 1.54) is 0 Å². The molecule has 162 valence electrons. The number of aromatic hydroxyl groups is 1. The zero-order valence-electron chi connectivity index (χ0n) is 17.0. The Balaban J connectivity index is 1.46. The lowest BCUT2D eigenvalue weighted by Gasteiger charge is -2.36. The van der Waals surface area contributed by atoms with Gasteiger partial charge in [-0.15, -0.1) is 0 Å². The lowest BCUT2D eigenvalue weighted by atomic mass is 9.76. The quantitative estimate of drug-likeness (QED) is 0.533. The van der Waals surface area contributed by atoms with Gasteiger partial charge in [-0.2, -0.15) is 5.10 Å². The van der Waals surface area contributed by atoms with Gasteiger partial charge in [0.2, 0.25) is 5.76 Å². The maximum Gasteiger partial charge on any atom is 0.377 e. The molecule has 2 N–H and O–H groups in total. The minimum Gasteiger partial charge on any atom is -0.491 e. The SMILES string of the molecule is CCc1nn(CCCOC(=O)c2cc(O)no2)c2c1C(=O)NCC1(CCOCC1)C2. The molecule has 1 amide bonds. The van der Waals surface area contributed by atoms with Crippen LogP contribution in [0.2, 0.25) is 0 Å². The molecular weight excluding hydrogens is 392 g/mol. The number of hydrogen-bond acceptors (Lipinski definition) is 8. The molecule has 10 heteroatoms. The predicted octanol–water partition coefficient (Wildman–Crippen LogP) is 1.47. The van der Waals surface area contributed by atoms with Crippen LogP contribution in [0.1, 0.15) is 58.5 Å². The van der Waals surface area contributed by atoms with Crippen molar-refractivity contribution < 1.29 is 28.7 Å². The van der Waals surface area contributed by atoms with E-state index in [0.29, 0.717) is 44.7 Å². The molecule has 1 fully saturated rings. The van der Waals surface area contributed by atoms with Crippen LogP contribution in [-0.2, 0) is 28.9 Å². The van der Waals surface area contributed by atoms with Gasteiger partial charge in [0.25, 0.3) is 11.8 Å². The Morgan fingerprint density at radius 2 is 2.20 bits per heavy atom. The van der Waals surface area contributed by atoms with Crippen LogP contribution in [0.15, 0.2) is 10.6 Å². The van der Waals surface area contributed by atoms with Crippen LogP contribution in [0.4, 0.5) is 0 Å². The van der Waals surface area contributed by atoms with Crippen molar-refractivity contribution in [2.45, 2.75) is 45.6 Å². The molecule has 1 saturated heterocycles. The number of amides is 1. The van der Waals surface area contributed by atoms with Gasteiger partial charge in [0.1, 0.15) is 0 Å². The minimum absolute atomic E-state index is 0.0112. The van der Waals surface area contributed by atoms with Crippen LogP contribution in [0.5, 0.6) is 5.88 Å². The molecule has 30 heavy (non-hydrogen) atoms. The average Bonchev–Trinajstić information content (AvgIpc) is 3.30. The Morgan fingerprint density at radius 3 is 2.90 bits per heavy atom. The molecule has 10 nitrogen and oxygen atoms in total. The van der Waals surface area contributed by atoms with Gasteiger partial charge in [0.05, 0.1) is 29.6 Å². The highest BCUT2D eigenvalue weighted by atomic mass is 16.6. The van der Waals surface area contributed by atoms with Crippen LogP contribution >= 0.6 is 0 Å². The first kappa shape index (κ1) is 20.4. The summed E-state index contributed by atoms with van der Waals surface area (Å²) in [6, 6.07) is 1.11. The van der Waals surface area contributed by atoms with E-state index >= 15 is 0 Å². The highest BCUT2D eigenvalue weighted by molar-refractivity contribution is 5.97. The molecule has 0 unspecified atom stereocenters. The van der Waals surface area contributed by atoms with E-state index in [1.807, 2.05) is 11.6 Å². The van der Waals surface area contributed by atoms with E-state index in [4.69, 9.17) is 14.6 Å². The summed E-state index contributed by atoms with van der Waals surface area (Å²) in [5.41, 5.74) is 2.42. The van der Waals surface area contributed by atoms with E-state index < -0.39 is 5.97 Å². The Bertz CT molecular complexity index is 928. The van der Waals surface area contributed by atoms with Crippen molar-refractivity contribution in [1.29, 1.82) is 0 Å². The molecule has 2 aromatic heterocycles. The standard InChI is InChI=1S/C20H26N4O6/c1-2-13-17-14(11-20(12-21-18(17)26)4-8-28-9-5-20)24(22-13)6-3-7-29-19(27)15-10-16(25)23-30-15/h10H,2-9,11-12H2,1H3,(H,21,26)(H,23,25). The average molecular weight is 418 g/mol. The molecule has 2 aliphatic heterocycles. The van der Waals surface area contributed by atoms with Crippen molar-refractivity contribution in [2.24, 2.45) is 5.41 Å². The minimum atomic E-state index is -0.683. The number of nitrogens with one attached hydrogen (secondary N) is 1. The van der Waals surface area contributed by atoms with Gasteiger partial charge in [-0.3, -0.25) is 9.48 Å². The Hall–Kier alpha value is -2.88. The maximum absolute atomic E-state index is 12.8. The number of rotatable bonds is 6. The molecule has 4 heterocycles. The van der Waals surface area contributed by atoms with Crippen LogP contribution in [0.25, 0.3) is 0 Å². The topological polar surface area (TPSA) is 129 Å². The van der Waals surface area contributed by atoms with Crippen molar-refractivity contribution in [2.75, 3.05) is 26.4 Å². The van der Waals surface area contributed by atoms with E-state index in [2.05, 4.69) is 20.1 Å². The molecule has 0 aromatic carbocycles. The number of nitrogens with zero attached hydrogens (tertiary/aromatic N) is 3. The van der Waals surface area contributed by atoms with Gasteiger partial charge < -0.3 is 24.4 Å². The molecule has 1 spiro atoms. The van der Waals surface area contributed by atoms with E-state index in [9.17, 15) is 9.59 Å². The Morgan fingerprint density at radius 1 is 1.40 bits per heavy atom. The summed E-state index contributed by atoms with van der Waals surface area (Å²) in [4.78, 5) is 24.7. The molecule has 0 atom stereocenters. The number of aryl methyl sites for hydroxylation is 2. The number of hydrogen-bond donors (Lipinski definition) is 2. The fraction of sp³-hybridized carbons (Fsp3) is 0.600. The first-order chi connectivity index (χ1) is 14.5. The summed E-state index contributed by atoms with van der Waals surface area (Å²) in [7, 11) is 0. The predicted molar refractivity (Wildman–Crippen MR) is 103 cm³/mol. The smallest absolute Gasteiger partial charge is 0.377 e. The second-order valence-corrected chi connectivity index (χ2v) is 7.86. The molecule has 0 bridgehead atoms. The third-order valence-corrected chi connectivity index (χ3v) is 5.86. The second kappa shape index (κ2) is 8.47. The van der Waals surface area contributed by atoms with Crippen LogP contribution < -0.4 is 5.32 Å². The van der Waals surface area contributed by atoms with E-state index in [0.717, 1.165) is 36.7 Å². The lowest BCUT2D eigenvalue weighted by Crippen LogP contribution is -2.40. The fourth-order valence-electron chi connectivity index (χ4n) is 4.17. The number of carbonyl (C=O) groups is 2. The summed E-state index contributed by atoms with van der Waals surface area (Å²) in [5, 5.41) is 20.2. The largest absolute Gasteiger partial charge is 0.491 e. The van der Waals surface area contributed by atoms with Crippen molar-refractivity contribution in [3.05, 3.63) is 28.8 Å². The van der Waals surface area contributed by atoms with Crippen LogP contribution in [0, 0.1) is 5.41 Å². The molecule has 2 aliphatic rings. The van der Waals surface area contributed by atoms with Gasteiger partial charge in [0.15, 0.2) is 0 Å². The number of carbonyl (C=O) groups excluding carboxylic acids is 2. The van der Waals surface area contributed by atoms with Crippen LogP contribution in [-0.4, -0.2) is 58.3 Å². The molecule has 0 aliphatic carbocycles. The van der Waals surface area contributed by atoms with Crippen molar-refractivity contribution >= 4 is 11.9 Å². The first-order valence-electron chi connectivity index (χ1n) is 10.3. The Kier molecular flexibility index (Phi) is 5.76. The molecule has 2 aromatic rings. The summed E-state index contributed by atoms with van der Waals surface area (Å²) >= 11 is 0. The highest BCUT2D eigenvalue weighted by Crippen LogP contribution is 2.37. The van der Waals surface area contributed by atoms with Gasteiger partial charge in [0, 0.05) is 32.7 Å². The fourth-order valence-corrected chi connectivity index (χ4v) is 4.17. The van der Waals surface area contributed by atoms with Crippen molar-refractivity contribution in [3.63, 3.8) is 0 Å².